The lowest BCUT2D eigenvalue weighted by Gasteiger charge is -2.05. The van der Waals surface area contributed by atoms with Gasteiger partial charge in [-0.1, -0.05) is 0 Å². The molecular weight excluding hydrogens is 203 g/mol. The normalized spacial score (nSPS) is 12.7. The van der Waals surface area contributed by atoms with Crippen LogP contribution < -0.4 is 5.32 Å². The van der Waals surface area contributed by atoms with Crippen LogP contribution in [-0.2, 0) is 14.9 Å². The molecule has 12 heavy (non-hydrogen) atoms. The smallest absolute Gasteiger partial charge is 0.332 e. The van der Waals surface area contributed by atoms with Crippen molar-refractivity contribution in [3.8, 4) is 0 Å². The number of nitrogens with one attached hydrogen (secondary N) is 1. The average Bonchev–Trinajstić information content (AvgIpc) is 1.78. The number of rotatable bonds is 2. The third-order valence-corrected chi connectivity index (χ3v) is 1.18. The van der Waals surface area contributed by atoms with Gasteiger partial charge in [0.05, 0.1) is 0 Å². The molecule has 5 nitrogen and oxygen atoms in total. The van der Waals surface area contributed by atoms with Gasteiger partial charge in [0.25, 0.3) is 10.1 Å². The van der Waals surface area contributed by atoms with Crippen LogP contribution in [0.1, 0.15) is 0 Å². The molecule has 0 aromatic carbocycles. The van der Waals surface area contributed by atoms with Crippen LogP contribution in [-0.4, -0.2) is 30.9 Å². The molecule has 0 aliphatic carbocycles. The van der Waals surface area contributed by atoms with Crippen molar-refractivity contribution in [3.63, 3.8) is 0 Å². The summed E-state index contributed by atoms with van der Waals surface area (Å²) in [6.07, 6.45) is -5.15. The summed E-state index contributed by atoms with van der Waals surface area (Å²) in [5.74, 6) is -3.87. The molecule has 0 aliphatic rings. The van der Waals surface area contributed by atoms with Gasteiger partial charge in [-0.05, 0) is 0 Å². The summed E-state index contributed by atoms with van der Waals surface area (Å²) in [5, 5.41) is 0.961. The van der Waals surface area contributed by atoms with Crippen molar-refractivity contribution in [3.05, 3.63) is 0 Å². The Kier molecular flexibility index (Phi) is 3.04. The molecule has 0 aliphatic heterocycles. The maximum atomic E-state index is 11.3. The molecule has 0 spiro atoms. The van der Waals surface area contributed by atoms with E-state index >= 15 is 0 Å². The van der Waals surface area contributed by atoms with Crippen LogP contribution >= 0.6 is 0 Å². The standard InChI is InChI=1S/C3H4F3NO4S/c4-3(5,6)2(8)7-1-12(9,10)11/h1H2,(H,7,8)(H,9,10,11). The Labute approximate surface area is 65.3 Å². The van der Waals surface area contributed by atoms with Crippen LogP contribution in [0.2, 0.25) is 0 Å². The van der Waals surface area contributed by atoms with E-state index in [9.17, 15) is 26.4 Å². The van der Waals surface area contributed by atoms with Gasteiger partial charge < -0.3 is 5.32 Å². The Morgan fingerprint density at radius 1 is 1.42 bits per heavy atom. The van der Waals surface area contributed by atoms with Crippen molar-refractivity contribution in [1.82, 2.24) is 5.32 Å². The van der Waals surface area contributed by atoms with E-state index in [0.717, 1.165) is 5.32 Å². The van der Waals surface area contributed by atoms with Gasteiger partial charge in [-0.2, -0.15) is 21.6 Å². The second kappa shape index (κ2) is 3.27. The van der Waals surface area contributed by atoms with Crippen LogP contribution in [0.25, 0.3) is 0 Å². The Bertz CT molecular complexity index is 268. The van der Waals surface area contributed by atoms with Crippen molar-refractivity contribution in [2.75, 3.05) is 5.88 Å². The fourth-order valence-electron chi connectivity index (χ4n) is 0.257. The van der Waals surface area contributed by atoms with E-state index in [1.165, 1.54) is 0 Å². The number of hydrogen-bond donors (Lipinski definition) is 2. The first-order valence-electron chi connectivity index (χ1n) is 2.43. The van der Waals surface area contributed by atoms with E-state index in [0.29, 0.717) is 0 Å². The topological polar surface area (TPSA) is 83.5 Å². The molecule has 0 rings (SSSR count). The third kappa shape index (κ3) is 4.91. The molecule has 0 heterocycles. The number of amides is 1. The van der Waals surface area contributed by atoms with E-state index in [4.69, 9.17) is 4.55 Å². The second-order valence-corrected chi connectivity index (χ2v) is 3.18. The van der Waals surface area contributed by atoms with Gasteiger partial charge in [0.15, 0.2) is 0 Å². The highest BCUT2D eigenvalue weighted by molar-refractivity contribution is 7.85. The van der Waals surface area contributed by atoms with Crippen molar-refractivity contribution in [1.29, 1.82) is 0 Å². The van der Waals surface area contributed by atoms with Crippen molar-refractivity contribution in [2.24, 2.45) is 0 Å². The van der Waals surface area contributed by atoms with Crippen LogP contribution in [0.15, 0.2) is 0 Å². The second-order valence-electron chi connectivity index (χ2n) is 1.73. The molecule has 0 fully saturated rings. The van der Waals surface area contributed by atoms with Crippen molar-refractivity contribution in [2.45, 2.75) is 6.18 Å². The largest absolute Gasteiger partial charge is 0.471 e. The highest BCUT2D eigenvalue weighted by Gasteiger charge is 2.38. The lowest BCUT2D eigenvalue weighted by Crippen LogP contribution is -2.39. The molecule has 0 saturated carbocycles. The summed E-state index contributed by atoms with van der Waals surface area (Å²) < 4.78 is 61.6. The monoisotopic (exact) mass is 207 g/mol. The molecule has 0 aromatic rings. The highest BCUT2D eigenvalue weighted by Crippen LogP contribution is 2.13. The van der Waals surface area contributed by atoms with Gasteiger partial charge in [0, 0.05) is 0 Å². The van der Waals surface area contributed by atoms with Gasteiger partial charge in [-0.15, -0.1) is 0 Å². The Morgan fingerprint density at radius 2 is 1.83 bits per heavy atom. The van der Waals surface area contributed by atoms with E-state index in [1.54, 1.807) is 0 Å². The minimum absolute atomic E-state index is 0.961. The zero-order valence-corrected chi connectivity index (χ0v) is 6.24. The van der Waals surface area contributed by atoms with Gasteiger partial charge in [-0.3, -0.25) is 9.35 Å². The van der Waals surface area contributed by atoms with Crippen molar-refractivity contribution < 1.29 is 30.9 Å². The number of carbonyl (C=O) groups excluding carboxylic acids is 1. The number of halogens is 3. The molecular formula is C3H4F3NO4S. The molecule has 0 saturated heterocycles. The van der Waals surface area contributed by atoms with Crippen molar-refractivity contribution >= 4 is 16.0 Å². The predicted octanol–water partition coefficient (Wildman–Crippen LogP) is -0.490. The van der Waals surface area contributed by atoms with E-state index < -0.39 is 28.1 Å². The quantitative estimate of drug-likeness (QED) is 0.598. The summed E-state index contributed by atoms with van der Waals surface area (Å²) in [6.45, 7) is 0. The average molecular weight is 207 g/mol. The first-order valence-corrected chi connectivity index (χ1v) is 4.04. The zero-order valence-electron chi connectivity index (χ0n) is 5.42. The van der Waals surface area contributed by atoms with E-state index in [2.05, 4.69) is 0 Å². The highest BCUT2D eigenvalue weighted by atomic mass is 32.2. The summed E-state index contributed by atoms with van der Waals surface area (Å²) in [6, 6.07) is 0. The Hall–Kier alpha value is -0.830. The fourth-order valence-corrected chi connectivity index (χ4v) is 0.570. The summed E-state index contributed by atoms with van der Waals surface area (Å²) in [7, 11) is -4.61. The molecule has 1 amide bonds. The van der Waals surface area contributed by atoms with Gasteiger partial charge >= 0.3 is 12.1 Å². The molecule has 0 atom stereocenters. The molecule has 2 N–H and O–H groups in total. The number of hydrogen-bond acceptors (Lipinski definition) is 3. The molecule has 0 radical (unpaired) electrons. The number of alkyl halides is 3. The Balaban J connectivity index is 4.07. The first kappa shape index (κ1) is 11.2. The van der Waals surface area contributed by atoms with Gasteiger partial charge in [0.1, 0.15) is 5.88 Å². The zero-order chi connectivity index (χ0) is 9.99. The van der Waals surface area contributed by atoms with E-state index in [1.807, 2.05) is 0 Å². The number of carbonyl (C=O) groups is 1. The molecule has 0 bridgehead atoms. The molecule has 0 aromatic heterocycles. The fraction of sp³-hybridized carbons (Fsp3) is 0.667. The predicted molar refractivity (Wildman–Crippen MR) is 30.6 cm³/mol. The van der Waals surface area contributed by atoms with Gasteiger partial charge in [-0.25, -0.2) is 0 Å². The van der Waals surface area contributed by atoms with E-state index in [-0.39, 0.29) is 0 Å². The lowest BCUT2D eigenvalue weighted by molar-refractivity contribution is -0.173. The molecule has 9 heteroatoms. The maximum absolute atomic E-state index is 11.3. The lowest BCUT2D eigenvalue weighted by atomic mass is 10.6. The molecule has 72 valence electrons. The summed E-state index contributed by atoms with van der Waals surface area (Å²) in [4.78, 5) is 9.90. The summed E-state index contributed by atoms with van der Waals surface area (Å²) >= 11 is 0. The maximum Gasteiger partial charge on any atom is 0.471 e. The van der Waals surface area contributed by atoms with Crippen LogP contribution in [0, 0.1) is 0 Å². The SMILES string of the molecule is O=C(NCS(=O)(=O)O)C(F)(F)F. The van der Waals surface area contributed by atoms with Crippen LogP contribution in [0.4, 0.5) is 13.2 Å². The van der Waals surface area contributed by atoms with Crippen LogP contribution in [0.5, 0.6) is 0 Å². The summed E-state index contributed by atoms with van der Waals surface area (Å²) in [5.41, 5.74) is 0. The minimum atomic E-state index is -5.15. The van der Waals surface area contributed by atoms with Gasteiger partial charge in [0.2, 0.25) is 0 Å². The molecule has 0 unspecified atom stereocenters. The Morgan fingerprint density at radius 3 is 2.08 bits per heavy atom. The minimum Gasteiger partial charge on any atom is -0.332 e. The third-order valence-electron chi connectivity index (χ3n) is 0.673. The first-order chi connectivity index (χ1) is 5.13. The van der Waals surface area contributed by atoms with Crippen LogP contribution in [0.3, 0.4) is 0 Å².